The van der Waals surface area contributed by atoms with E-state index in [9.17, 15) is 13.2 Å². The van der Waals surface area contributed by atoms with Gasteiger partial charge < -0.3 is 15.0 Å². The molecule has 4 nitrogen and oxygen atoms in total. The number of anilines is 1. The topological polar surface area (TPSA) is 53.1 Å². The molecule has 0 aliphatic carbocycles. The molecule has 1 aliphatic heterocycles. The summed E-state index contributed by atoms with van der Waals surface area (Å²) >= 11 is 0. The molecule has 2 atom stereocenters. The minimum Gasteiger partial charge on any atom is -0.376 e. The molecule has 0 bridgehead atoms. The molecule has 2 N–H and O–H groups in total. The van der Waals surface area contributed by atoms with Crippen LogP contribution in [0.5, 0.6) is 0 Å². The Labute approximate surface area is 119 Å². The molecule has 3 rings (SSSR count). The summed E-state index contributed by atoms with van der Waals surface area (Å²) in [7, 11) is 0. The molecule has 0 saturated carbocycles. The van der Waals surface area contributed by atoms with Crippen LogP contribution in [0.1, 0.15) is 25.8 Å². The van der Waals surface area contributed by atoms with Crippen molar-refractivity contribution in [1.82, 2.24) is 9.55 Å². The maximum atomic E-state index is 12.8. The van der Waals surface area contributed by atoms with Crippen molar-refractivity contribution in [1.29, 1.82) is 0 Å². The Morgan fingerprint density at radius 2 is 2.14 bits per heavy atom. The van der Waals surface area contributed by atoms with Gasteiger partial charge >= 0.3 is 6.18 Å². The second kappa shape index (κ2) is 4.37. The van der Waals surface area contributed by atoms with E-state index in [4.69, 9.17) is 10.5 Å². The SMILES string of the molecule is CC1OCCC1(C)n1c(N)nc2cc(C(F)(F)F)ccc21. The Bertz CT molecular complexity index is 695. The number of imidazole rings is 1. The lowest BCUT2D eigenvalue weighted by atomic mass is 9.94. The van der Waals surface area contributed by atoms with Crippen LogP contribution < -0.4 is 5.73 Å². The highest BCUT2D eigenvalue weighted by atomic mass is 19.4. The largest absolute Gasteiger partial charge is 0.416 e. The molecule has 1 fully saturated rings. The molecule has 1 aromatic heterocycles. The van der Waals surface area contributed by atoms with Crippen LogP contribution >= 0.6 is 0 Å². The highest BCUT2D eigenvalue weighted by molar-refractivity contribution is 5.79. The van der Waals surface area contributed by atoms with E-state index in [0.29, 0.717) is 12.1 Å². The Balaban J connectivity index is 2.19. The minimum atomic E-state index is -4.39. The number of ether oxygens (including phenoxy) is 1. The van der Waals surface area contributed by atoms with Gasteiger partial charge in [-0.2, -0.15) is 13.2 Å². The maximum Gasteiger partial charge on any atom is 0.416 e. The molecule has 7 heteroatoms. The quantitative estimate of drug-likeness (QED) is 0.880. The van der Waals surface area contributed by atoms with Gasteiger partial charge in [-0.1, -0.05) is 0 Å². The first kappa shape index (κ1) is 14.2. The summed E-state index contributed by atoms with van der Waals surface area (Å²) in [5.74, 6) is 0.212. The lowest BCUT2D eigenvalue weighted by molar-refractivity contribution is -0.137. The van der Waals surface area contributed by atoms with Crippen molar-refractivity contribution in [3.05, 3.63) is 23.8 Å². The summed E-state index contributed by atoms with van der Waals surface area (Å²) in [6, 6.07) is 3.52. The third kappa shape index (κ3) is 2.07. The van der Waals surface area contributed by atoms with Crippen LogP contribution in [-0.4, -0.2) is 22.3 Å². The van der Waals surface area contributed by atoms with Crippen molar-refractivity contribution in [3.63, 3.8) is 0 Å². The van der Waals surface area contributed by atoms with E-state index >= 15 is 0 Å². The standard InChI is InChI=1S/C14H16F3N3O/c1-8-13(2,5-6-21-8)20-11-4-3-9(14(15,16)17)7-10(11)19-12(20)18/h3-4,7-8H,5-6H2,1-2H3,(H2,18,19). The van der Waals surface area contributed by atoms with Crippen LogP contribution in [0.4, 0.5) is 19.1 Å². The van der Waals surface area contributed by atoms with E-state index < -0.39 is 17.3 Å². The minimum absolute atomic E-state index is 0.0838. The molecule has 21 heavy (non-hydrogen) atoms. The molecule has 1 aromatic carbocycles. The predicted molar refractivity (Wildman–Crippen MR) is 72.8 cm³/mol. The lowest BCUT2D eigenvalue weighted by Crippen LogP contribution is -2.37. The maximum absolute atomic E-state index is 12.8. The fourth-order valence-electron chi connectivity index (χ4n) is 2.93. The third-order valence-electron chi connectivity index (χ3n) is 4.37. The Kier molecular flexibility index (Phi) is 2.95. The van der Waals surface area contributed by atoms with Gasteiger partial charge in [-0.05, 0) is 38.5 Å². The van der Waals surface area contributed by atoms with Crippen molar-refractivity contribution in [2.24, 2.45) is 0 Å². The van der Waals surface area contributed by atoms with E-state index in [1.165, 1.54) is 6.07 Å². The molecule has 0 amide bonds. The van der Waals surface area contributed by atoms with Gasteiger partial charge in [0.15, 0.2) is 0 Å². The number of nitrogens with two attached hydrogens (primary N) is 1. The number of alkyl halides is 3. The molecule has 1 saturated heterocycles. The Hall–Kier alpha value is -1.76. The molecular weight excluding hydrogens is 283 g/mol. The zero-order chi connectivity index (χ0) is 15.4. The number of halogens is 3. The van der Waals surface area contributed by atoms with Crippen molar-refractivity contribution < 1.29 is 17.9 Å². The molecule has 1 aliphatic rings. The first-order valence-electron chi connectivity index (χ1n) is 6.71. The second-order valence-corrected chi connectivity index (χ2v) is 5.63. The molecule has 114 valence electrons. The van der Waals surface area contributed by atoms with Crippen LogP contribution in [-0.2, 0) is 16.5 Å². The summed E-state index contributed by atoms with van der Waals surface area (Å²) < 4.78 is 45.7. The van der Waals surface area contributed by atoms with Crippen molar-refractivity contribution in [3.8, 4) is 0 Å². The van der Waals surface area contributed by atoms with Gasteiger partial charge in [-0.15, -0.1) is 0 Å². The van der Waals surface area contributed by atoms with Gasteiger partial charge in [0.25, 0.3) is 0 Å². The molecule has 0 spiro atoms. The number of nitrogen functional groups attached to an aromatic ring is 1. The van der Waals surface area contributed by atoms with Crippen LogP contribution in [0.2, 0.25) is 0 Å². The molecule has 2 heterocycles. The summed E-state index contributed by atoms with van der Waals surface area (Å²) in [6.45, 7) is 4.51. The van der Waals surface area contributed by atoms with Crippen LogP contribution in [0.15, 0.2) is 18.2 Å². The van der Waals surface area contributed by atoms with E-state index in [2.05, 4.69) is 4.98 Å². The second-order valence-electron chi connectivity index (χ2n) is 5.63. The third-order valence-corrected chi connectivity index (χ3v) is 4.37. The summed E-state index contributed by atoms with van der Waals surface area (Å²) in [5, 5.41) is 0. The van der Waals surface area contributed by atoms with Gasteiger partial charge in [0, 0.05) is 6.61 Å². The Morgan fingerprint density at radius 3 is 2.71 bits per heavy atom. The fraction of sp³-hybridized carbons (Fsp3) is 0.500. The van der Waals surface area contributed by atoms with Crippen LogP contribution in [0.3, 0.4) is 0 Å². The number of benzene rings is 1. The average molecular weight is 299 g/mol. The highest BCUT2D eigenvalue weighted by Gasteiger charge is 2.41. The number of fused-ring (bicyclic) bond motifs is 1. The highest BCUT2D eigenvalue weighted by Crippen LogP contribution is 2.39. The van der Waals surface area contributed by atoms with Gasteiger partial charge in [-0.3, -0.25) is 0 Å². The first-order chi connectivity index (χ1) is 9.73. The van der Waals surface area contributed by atoms with Crippen molar-refractivity contribution >= 4 is 17.0 Å². The van der Waals surface area contributed by atoms with E-state index in [-0.39, 0.29) is 17.6 Å². The lowest BCUT2D eigenvalue weighted by Gasteiger charge is -2.31. The van der Waals surface area contributed by atoms with Gasteiger partial charge in [-0.25, -0.2) is 4.98 Å². The molecule has 2 unspecified atom stereocenters. The molecule has 0 radical (unpaired) electrons. The zero-order valence-electron chi connectivity index (χ0n) is 11.7. The first-order valence-corrected chi connectivity index (χ1v) is 6.71. The molecule has 2 aromatic rings. The summed E-state index contributed by atoms with van der Waals surface area (Å²) in [6.07, 6.45) is -3.73. The summed E-state index contributed by atoms with van der Waals surface area (Å²) in [5.41, 5.74) is 5.68. The predicted octanol–water partition coefficient (Wildman–Crippen LogP) is 3.16. The van der Waals surface area contributed by atoms with Crippen LogP contribution in [0, 0.1) is 0 Å². The van der Waals surface area contributed by atoms with E-state index in [1.54, 1.807) is 4.57 Å². The Morgan fingerprint density at radius 1 is 1.43 bits per heavy atom. The fourth-order valence-corrected chi connectivity index (χ4v) is 2.93. The number of hydrogen-bond acceptors (Lipinski definition) is 3. The van der Waals surface area contributed by atoms with Gasteiger partial charge in [0.1, 0.15) is 0 Å². The van der Waals surface area contributed by atoms with Crippen LogP contribution in [0.25, 0.3) is 11.0 Å². The van der Waals surface area contributed by atoms with Crippen molar-refractivity contribution in [2.75, 3.05) is 12.3 Å². The smallest absolute Gasteiger partial charge is 0.376 e. The van der Waals surface area contributed by atoms with Gasteiger partial charge in [0.2, 0.25) is 5.95 Å². The summed E-state index contributed by atoms with van der Waals surface area (Å²) in [4.78, 5) is 4.10. The number of nitrogens with zero attached hydrogens (tertiary/aromatic N) is 2. The number of rotatable bonds is 1. The molecular formula is C14H16F3N3O. The average Bonchev–Trinajstić information content (AvgIpc) is 2.88. The van der Waals surface area contributed by atoms with E-state index in [0.717, 1.165) is 18.6 Å². The van der Waals surface area contributed by atoms with E-state index in [1.807, 2.05) is 13.8 Å². The number of hydrogen-bond donors (Lipinski definition) is 1. The number of aromatic nitrogens is 2. The normalized spacial score (nSPS) is 26.6. The van der Waals surface area contributed by atoms with Crippen molar-refractivity contribution in [2.45, 2.75) is 38.1 Å². The zero-order valence-corrected chi connectivity index (χ0v) is 11.7. The monoisotopic (exact) mass is 299 g/mol. The van der Waals surface area contributed by atoms with Gasteiger partial charge in [0.05, 0.1) is 28.2 Å².